The second kappa shape index (κ2) is 11.5. The lowest BCUT2D eigenvalue weighted by Gasteiger charge is -2.40. The number of hydrogen-bond acceptors (Lipinski definition) is 4. The van der Waals surface area contributed by atoms with Gasteiger partial charge in [-0.1, -0.05) is 36.4 Å². The van der Waals surface area contributed by atoms with Crippen molar-refractivity contribution in [2.75, 3.05) is 13.1 Å². The summed E-state index contributed by atoms with van der Waals surface area (Å²) in [5, 5.41) is 9.22. The second-order valence-electron chi connectivity index (χ2n) is 8.54. The molecule has 178 valence electrons. The van der Waals surface area contributed by atoms with Gasteiger partial charge in [0.25, 0.3) is 0 Å². The summed E-state index contributed by atoms with van der Waals surface area (Å²) in [4.78, 5) is 20.6. The van der Waals surface area contributed by atoms with Gasteiger partial charge in [-0.05, 0) is 54.0 Å². The molecule has 1 aromatic heterocycles. The van der Waals surface area contributed by atoms with Crippen LogP contribution in [0.25, 0.3) is 6.08 Å². The molecular formula is C28H26F2N4O. The maximum atomic E-state index is 15.5. The highest BCUT2D eigenvalue weighted by Gasteiger charge is 2.35. The van der Waals surface area contributed by atoms with E-state index < -0.39 is 12.2 Å². The van der Waals surface area contributed by atoms with Gasteiger partial charge in [0.2, 0.25) is 5.91 Å². The van der Waals surface area contributed by atoms with Crippen molar-refractivity contribution in [1.29, 1.82) is 5.26 Å². The number of benzene rings is 2. The van der Waals surface area contributed by atoms with E-state index in [1.165, 1.54) is 23.1 Å². The van der Waals surface area contributed by atoms with Crippen LogP contribution in [0.15, 0.2) is 79.0 Å². The van der Waals surface area contributed by atoms with Crippen LogP contribution in [0.4, 0.5) is 8.78 Å². The number of likely N-dealkylation sites (tertiary alicyclic amines) is 1. The lowest BCUT2D eigenvalue weighted by Crippen LogP contribution is -2.53. The van der Waals surface area contributed by atoms with Crippen LogP contribution in [0.1, 0.15) is 28.8 Å². The summed E-state index contributed by atoms with van der Waals surface area (Å²) >= 11 is 0. The Hall–Kier alpha value is -3.89. The molecule has 2 atom stereocenters. The number of halogens is 2. The fraction of sp³-hybridized carbons (Fsp3) is 0.250. The monoisotopic (exact) mass is 472 g/mol. The molecule has 2 aromatic carbocycles. The Morgan fingerprint density at radius 1 is 1.11 bits per heavy atom. The van der Waals surface area contributed by atoms with Crippen molar-refractivity contribution in [2.24, 2.45) is 0 Å². The molecule has 35 heavy (non-hydrogen) atoms. The third-order valence-electron chi connectivity index (χ3n) is 6.16. The van der Waals surface area contributed by atoms with E-state index in [0.29, 0.717) is 37.2 Å². The minimum atomic E-state index is -1.25. The smallest absolute Gasteiger partial charge is 0.246 e. The van der Waals surface area contributed by atoms with E-state index >= 15 is 4.39 Å². The van der Waals surface area contributed by atoms with Crippen molar-refractivity contribution < 1.29 is 13.6 Å². The topological polar surface area (TPSA) is 60.2 Å². The van der Waals surface area contributed by atoms with Crippen molar-refractivity contribution in [3.05, 3.63) is 107 Å². The van der Waals surface area contributed by atoms with Gasteiger partial charge in [-0.2, -0.15) is 5.26 Å². The molecule has 1 fully saturated rings. The largest absolute Gasteiger partial charge is 0.336 e. The normalized spacial score (nSPS) is 18.1. The molecule has 0 saturated carbocycles. The van der Waals surface area contributed by atoms with Crippen LogP contribution in [0.3, 0.4) is 0 Å². The molecular weight excluding hydrogens is 446 g/mol. The van der Waals surface area contributed by atoms with E-state index in [2.05, 4.69) is 11.1 Å². The summed E-state index contributed by atoms with van der Waals surface area (Å²) in [6, 6.07) is 20.5. The minimum absolute atomic E-state index is 0.0180. The summed E-state index contributed by atoms with van der Waals surface area (Å²) in [5.74, 6) is -0.598. The van der Waals surface area contributed by atoms with Gasteiger partial charge >= 0.3 is 0 Å². The molecule has 5 nitrogen and oxygen atoms in total. The zero-order valence-corrected chi connectivity index (χ0v) is 19.2. The predicted molar refractivity (Wildman–Crippen MR) is 130 cm³/mol. The number of nitrogens with zero attached hydrogens (tertiary/aromatic N) is 4. The number of rotatable bonds is 7. The molecule has 2 heterocycles. The fourth-order valence-corrected chi connectivity index (χ4v) is 4.33. The number of alkyl halides is 1. The van der Waals surface area contributed by atoms with Crippen molar-refractivity contribution in [3.63, 3.8) is 0 Å². The number of piperidine rings is 1. The Morgan fingerprint density at radius 3 is 2.60 bits per heavy atom. The Kier molecular flexibility index (Phi) is 7.96. The summed E-state index contributed by atoms with van der Waals surface area (Å²) in [7, 11) is 0. The molecule has 1 amide bonds. The molecule has 0 aliphatic carbocycles. The molecule has 0 spiro atoms. The molecule has 1 aliphatic rings. The number of carbonyl (C=O) groups excluding carboxylic acids is 1. The molecule has 0 N–H and O–H groups in total. The summed E-state index contributed by atoms with van der Waals surface area (Å²) < 4.78 is 28.9. The van der Waals surface area contributed by atoms with Crippen LogP contribution < -0.4 is 0 Å². The molecule has 0 bridgehead atoms. The standard InChI is InChI=1S/C28H26F2N4O/c29-24-11-8-21(9-12-24)18-34(19-25-7-3-4-15-32-25)27-14-16-33(20-26(27)30)28(35)13-10-22-5-1-2-6-23(22)17-31/h1-13,15,26-27H,14,16,18-20H2/b13-10+/t26-,27+/m1/s1. The molecule has 1 saturated heterocycles. The minimum Gasteiger partial charge on any atom is -0.336 e. The van der Waals surface area contributed by atoms with E-state index in [-0.39, 0.29) is 18.3 Å². The van der Waals surface area contributed by atoms with Gasteiger partial charge in [-0.25, -0.2) is 8.78 Å². The predicted octanol–water partition coefficient (Wildman–Crippen LogP) is 4.75. The van der Waals surface area contributed by atoms with Crippen LogP contribution in [0.2, 0.25) is 0 Å². The Labute approximate surface area is 203 Å². The zero-order valence-electron chi connectivity index (χ0n) is 19.2. The third kappa shape index (κ3) is 6.37. The van der Waals surface area contributed by atoms with E-state index in [4.69, 9.17) is 0 Å². The average molecular weight is 473 g/mol. The highest BCUT2D eigenvalue weighted by atomic mass is 19.1. The van der Waals surface area contributed by atoms with Crippen molar-refractivity contribution in [1.82, 2.24) is 14.8 Å². The Morgan fingerprint density at radius 2 is 1.89 bits per heavy atom. The highest BCUT2D eigenvalue weighted by Crippen LogP contribution is 2.24. The van der Waals surface area contributed by atoms with E-state index in [9.17, 15) is 14.4 Å². The maximum Gasteiger partial charge on any atom is 0.246 e. The van der Waals surface area contributed by atoms with Gasteiger partial charge in [0, 0.05) is 37.9 Å². The third-order valence-corrected chi connectivity index (χ3v) is 6.16. The van der Waals surface area contributed by atoms with E-state index in [0.717, 1.165) is 11.3 Å². The van der Waals surface area contributed by atoms with E-state index in [1.807, 2.05) is 23.1 Å². The van der Waals surface area contributed by atoms with Crippen molar-refractivity contribution >= 4 is 12.0 Å². The first-order valence-electron chi connectivity index (χ1n) is 11.5. The van der Waals surface area contributed by atoms with Crippen LogP contribution in [-0.2, 0) is 17.9 Å². The average Bonchev–Trinajstić information content (AvgIpc) is 2.89. The Balaban J connectivity index is 1.45. The van der Waals surface area contributed by atoms with Gasteiger partial charge in [0.1, 0.15) is 12.0 Å². The van der Waals surface area contributed by atoms with Crippen LogP contribution in [0, 0.1) is 17.1 Å². The van der Waals surface area contributed by atoms with E-state index in [1.54, 1.807) is 48.7 Å². The summed E-state index contributed by atoms with van der Waals surface area (Å²) in [6.45, 7) is 1.29. The molecule has 4 rings (SSSR count). The van der Waals surface area contributed by atoms with Gasteiger partial charge in [-0.15, -0.1) is 0 Å². The number of amides is 1. The molecule has 0 unspecified atom stereocenters. The van der Waals surface area contributed by atoms with Crippen LogP contribution in [-0.4, -0.2) is 46.0 Å². The molecule has 0 radical (unpaired) electrons. The quantitative estimate of drug-likeness (QED) is 0.466. The molecule has 7 heteroatoms. The van der Waals surface area contributed by atoms with Crippen molar-refractivity contribution in [2.45, 2.75) is 31.7 Å². The summed E-state index contributed by atoms with van der Waals surface area (Å²) in [5.41, 5.74) is 2.83. The maximum absolute atomic E-state index is 15.5. The lowest BCUT2D eigenvalue weighted by molar-refractivity contribution is -0.129. The number of hydrogen-bond donors (Lipinski definition) is 0. The first-order chi connectivity index (χ1) is 17.0. The number of aromatic nitrogens is 1. The first kappa shape index (κ1) is 24.2. The van der Waals surface area contributed by atoms with Crippen LogP contribution in [0.5, 0.6) is 0 Å². The van der Waals surface area contributed by atoms with Crippen molar-refractivity contribution in [3.8, 4) is 6.07 Å². The van der Waals surface area contributed by atoms with Gasteiger partial charge in [0.05, 0.1) is 23.9 Å². The number of pyridine rings is 1. The molecule has 1 aliphatic heterocycles. The highest BCUT2D eigenvalue weighted by molar-refractivity contribution is 5.92. The first-order valence-corrected chi connectivity index (χ1v) is 11.5. The van der Waals surface area contributed by atoms with Gasteiger partial charge in [-0.3, -0.25) is 14.7 Å². The lowest BCUT2D eigenvalue weighted by atomic mass is 9.99. The number of nitriles is 1. The number of carbonyl (C=O) groups is 1. The van der Waals surface area contributed by atoms with Crippen LogP contribution >= 0.6 is 0 Å². The fourth-order valence-electron chi connectivity index (χ4n) is 4.33. The second-order valence-corrected chi connectivity index (χ2v) is 8.54. The van der Waals surface area contributed by atoms with Gasteiger partial charge < -0.3 is 4.90 Å². The Bertz CT molecular complexity index is 1210. The zero-order chi connectivity index (χ0) is 24.6. The SMILES string of the molecule is N#Cc1ccccc1/C=C/C(=O)N1CC[C@H](N(Cc2ccc(F)cc2)Cc2ccccn2)[C@H](F)C1. The van der Waals surface area contributed by atoms with Gasteiger partial charge in [0.15, 0.2) is 0 Å². The molecule has 3 aromatic rings. The summed E-state index contributed by atoms with van der Waals surface area (Å²) in [6.07, 6.45) is 3.91.